The number of nitrogens with one attached hydrogen (secondary N) is 1. The van der Waals surface area contributed by atoms with Crippen LogP contribution >= 0.6 is 0 Å². The predicted molar refractivity (Wildman–Crippen MR) is 72.3 cm³/mol. The van der Waals surface area contributed by atoms with Crippen molar-refractivity contribution in [3.8, 4) is 0 Å². The smallest absolute Gasteiger partial charge is 0.336 e. The molecule has 0 unspecified atom stereocenters. The Labute approximate surface area is 110 Å². The van der Waals surface area contributed by atoms with Crippen LogP contribution in [-0.2, 0) is 9.53 Å². The molecular weight excluding hydrogens is 246 g/mol. The minimum atomic E-state index is -0.382. The number of esters is 1. The van der Waals surface area contributed by atoms with Crippen molar-refractivity contribution >= 4 is 22.6 Å². The summed E-state index contributed by atoms with van der Waals surface area (Å²) in [4.78, 5) is 22.5. The lowest BCUT2D eigenvalue weighted by Gasteiger charge is -2.07. The summed E-state index contributed by atoms with van der Waals surface area (Å²) in [5.41, 5.74) is 1.68. The van der Waals surface area contributed by atoms with Crippen molar-refractivity contribution in [2.75, 3.05) is 18.5 Å². The van der Waals surface area contributed by atoms with Gasteiger partial charge in [-0.25, -0.2) is 4.79 Å². The second kappa shape index (κ2) is 5.56. The average Bonchev–Trinajstić information content (AvgIpc) is 2.36. The van der Waals surface area contributed by atoms with Crippen molar-refractivity contribution in [2.24, 2.45) is 0 Å². The Kier molecular flexibility index (Phi) is 3.85. The minimum Gasteiger partial charge on any atom is -0.465 e. The van der Waals surface area contributed by atoms with Crippen molar-refractivity contribution in [1.82, 2.24) is 0 Å². The van der Waals surface area contributed by atoms with E-state index in [9.17, 15) is 9.59 Å². The van der Waals surface area contributed by atoms with Crippen molar-refractivity contribution in [2.45, 2.75) is 13.8 Å². The molecule has 0 saturated carbocycles. The van der Waals surface area contributed by atoms with Crippen molar-refractivity contribution in [1.29, 1.82) is 0 Å². The molecule has 0 amide bonds. The Balaban J connectivity index is 2.22. The number of rotatable bonds is 4. The van der Waals surface area contributed by atoms with E-state index in [0.29, 0.717) is 17.9 Å². The second-order valence-corrected chi connectivity index (χ2v) is 4.12. The molecule has 19 heavy (non-hydrogen) atoms. The first kappa shape index (κ1) is 13.1. The van der Waals surface area contributed by atoms with Gasteiger partial charge in [0.1, 0.15) is 12.1 Å². The first-order valence-corrected chi connectivity index (χ1v) is 6.04. The standard InChI is InChI=1S/C14H15NO4/c1-3-18-14(17)8-15-10-4-5-11-9(2)6-13(16)19-12(11)7-10/h4-7,15H,3,8H2,1-2H3. The zero-order chi connectivity index (χ0) is 13.8. The van der Waals surface area contributed by atoms with E-state index in [4.69, 9.17) is 9.15 Å². The van der Waals surface area contributed by atoms with Gasteiger partial charge in [0.15, 0.2) is 0 Å². The fraction of sp³-hybridized carbons (Fsp3) is 0.286. The molecule has 5 nitrogen and oxygen atoms in total. The number of hydrogen-bond donors (Lipinski definition) is 1. The first-order valence-electron chi connectivity index (χ1n) is 6.04. The van der Waals surface area contributed by atoms with Gasteiger partial charge in [0, 0.05) is 23.2 Å². The number of anilines is 1. The molecule has 0 aliphatic heterocycles. The van der Waals surface area contributed by atoms with E-state index in [0.717, 1.165) is 10.9 Å². The van der Waals surface area contributed by atoms with E-state index >= 15 is 0 Å². The fourth-order valence-corrected chi connectivity index (χ4v) is 1.82. The molecule has 1 N–H and O–H groups in total. The van der Waals surface area contributed by atoms with Crippen LogP contribution in [0.2, 0.25) is 0 Å². The van der Waals surface area contributed by atoms with Gasteiger partial charge in [0.25, 0.3) is 0 Å². The highest BCUT2D eigenvalue weighted by Gasteiger charge is 2.05. The number of fused-ring (bicyclic) bond motifs is 1. The van der Waals surface area contributed by atoms with Crippen LogP contribution in [0.1, 0.15) is 12.5 Å². The summed E-state index contributed by atoms with van der Waals surface area (Å²) in [5, 5.41) is 3.80. The van der Waals surface area contributed by atoms with Gasteiger partial charge in [-0.1, -0.05) is 0 Å². The summed E-state index contributed by atoms with van der Waals surface area (Å²) < 4.78 is 9.94. The normalized spacial score (nSPS) is 10.4. The molecule has 5 heteroatoms. The van der Waals surface area contributed by atoms with Crippen LogP contribution in [0.25, 0.3) is 11.0 Å². The van der Waals surface area contributed by atoms with Crippen LogP contribution in [0.3, 0.4) is 0 Å². The summed E-state index contributed by atoms with van der Waals surface area (Å²) in [5.74, 6) is -0.326. The molecule has 100 valence electrons. The molecule has 1 aromatic heterocycles. The zero-order valence-electron chi connectivity index (χ0n) is 10.9. The van der Waals surface area contributed by atoms with Crippen LogP contribution in [0, 0.1) is 6.92 Å². The molecule has 0 atom stereocenters. The number of benzene rings is 1. The van der Waals surface area contributed by atoms with Crippen LogP contribution in [0.15, 0.2) is 33.5 Å². The van der Waals surface area contributed by atoms with Gasteiger partial charge in [-0.05, 0) is 31.5 Å². The number of ether oxygens (including phenoxy) is 1. The Morgan fingerprint density at radius 2 is 2.16 bits per heavy atom. The van der Waals surface area contributed by atoms with Gasteiger partial charge in [0.2, 0.25) is 0 Å². The van der Waals surface area contributed by atoms with Crippen LogP contribution in [-0.4, -0.2) is 19.1 Å². The summed E-state index contributed by atoms with van der Waals surface area (Å²) in [6.45, 7) is 4.04. The highest BCUT2D eigenvalue weighted by molar-refractivity contribution is 5.84. The highest BCUT2D eigenvalue weighted by Crippen LogP contribution is 2.20. The van der Waals surface area contributed by atoms with E-state index in [2.05, 4.69) is 5.32 Å². The van der Waals surface area contributed by atoms with E-state index in [1.54, 1.807) is 13.0 Å². The third kappa shape index (κ3) is 3.13. The molecule has 1 heterocycles. The molecule has 0 saturated heterocycles. The van der Waals surface area contributed by atoms with Gasteiger partial charge in [-0.15, -0.1) is 0 Å². The molecule has 0 aliphatic rings. The Hall–Kier alpha value is -2.30. The molecule has 0 radical (unpaired) electrons. The van der Waals surface area contributed by atoms with Crippen LogP contribution in [0.5, 0.6) is 0 Å². The molecular formula is C14H15NO4. The molecule has 0 spiro atoms. The number of carbonyl (C=O) groups excluding carboxylic acids is 1. The van der Waals surface area contributed by atoms with Crippen molar-refractivity contribution < 1.29 is 13.9 Å². The molecule has 2 rings (SSSR count). The maximum atomic E-state index is 11.3. The Morgan fingerprint density at radius 1 is 1.37 bits per heavy atom. The molecule has 0 fully saturated rings. The molecule has 0 aliphatic carbocycles. The second-order valence-electron chi connectivity index (χ2n) is 4.12. The van der Waals surface area contributed by atoms with Crippen LogP contribution < -0.4 is 10.9 Å². The maximum Gasteiger partial charge on any atom is 0.336 e. The SMILES string of the molecule is CCOC(=O)CNc1ccc2c(C)cc(=O)oc2c1. The zero-order valence-corrected chi connectivity index (χ0v) is 10.9. The number of carbonyl (C=O) groups is 1. The lowest BCUT2D eigenvalue weighted by Crippen LogP contribution is -2.16. The monoisotopic (exact) mass is 261 g/mol. The van der Waals surface area contributed by atoms with E-state index < -0.39 is 0 Å². The predicted octanol–water partition coefficient (Wildman–Crippen LogP) is 2.08. The van der Waals surface area contributed by atoms with E-state index in [1.165, 1.54) is 6.07 Å². The largest absolute Gasteiger partial charge is 0.465 e. The lowest BCUT2D eigenvalue weighted by atomic mass is 10.1. The van der Waals surface area contributed by atoms with Gasteiger partial charge < -0.3 is 14.5 Å². The van der Waals surface area contributed by atoms with Crippen molar-refractivity contribution in [3.05, 3.63) is 40.2 Å². The molecule has 2 aromatic rings. The molecule has 1 aromatic carbocycles. The van der Waals surface area contributed by atoms with Crippen molar-refractivity contribution in [3.63, 3.8) is 0 Å². The summed E-state index contributed by atoms with van der Waals surface area (Å²) >= 11 is 0. The maximum absolute atomic E-state index is 11.3. The summed E-state index contributed by atoms with van der Waals surface area (Å²) in [6, 6.07) is 6.83. The Morgan fingerprint density at radius 3 is 2.89 bits per heavy atom. The fourth-order valence-electron chi connectivity index (χ4n) is 1.82. The summed E-state index contributed by atoms with van der Waals surface area (Å²) in [6.07, 6.45) is 0. The number of hydrogen-bond acceptors (Lipinski definition) is 5. The third-order valence-corrected chi connectivity index (χ3v) is 2.69. The Bertz CT molecular complexity index is 660. The minimum absolute atomic E-state index is 0.0788. The quantitative estimate of drug-likeness (QED) is 0.674. The van der Waals surface area contributed by atoms with E-state index in [-0.39, 0.29) is 18.1 Å². The summed E-state index contributed by atoms with van der Waals surface area (Å²) in [7, 11) is 0. The number of aryl methyl sites for hydroxylation is 1. The average molecular weight is 261 g/mol. The molecule has 0 bridgehead atoms. The van der Waals surface area contributed by atoms with Gasteiger partial charge in [-0.2, -0.15) is 0 Å². The van der Waals surface area contributed by atoms with Gasteiger partial charge in [-0.3, -0.25) is 4.79 Å². The topological polar surface area (TPSA) is 68.5 Å². The van der Waals surface area contributed by atoms with Gasteiger partial charge in [0.05, 0.1) is 6.61 Å². The lowest BCUT2D eigenvalue weighted by molar-refractivity contribution is -0.140. The highest BCUT2D eigenvalue weighted by atomic mass is 16.5. The van der Waals surface area contributed by atoms with E-state index in [1.807, 2.05) is 19.1 Å². The third-order valence-electron chi connectivity index (χ3n) is 2.69. The van der Waals surface area contributed by atoms with Crippen LogP contribution in [0.4, 0.5) is 5.69 Å². The van der Waals surface area contributed by atoms with Gasteiger partial charge >= 0.3 is 11.6 Å². The first-order chi connectivity index (χ1) is 9.10.